The van der Waals surface area contributed by atoms with Gasteiger partial charge in [-0.1, -0.05) is 11.6 Å². The summed E-state index contributed by atoms with van der Waals surface area (Å²) in [6, 6.07) is 4.59. The molecule has 0 spiro atoms. The number of halogens is 1. The van der Waals surface area contributed by atoms with Gasteiger partial charge in [-0.3, -0.25) is 0 Å². The highest BCUT2D eigenvalue weighted by atomic mass is 35.5. The minimum atomic E-state index is 0.566. The van der Waals surface area contributed by atoms with E-state index in [0.29, 0.717) is 6.04 Å². The normalized spacial score (nSPS) is 13.2. The molecule has 0 aliphatic heterocycles. The van der Waals surface area contributed by atoms with Crippen molar-refractivity contribution in [2.24, 2.45) is 0 Å². The molecule has 1 heterocycles. The van der Waals surface area contributed by atoms with Crippen LogP contribution in [0.2, 0.25) is 4.34 Å². The van der Waals surface area contributed by atoms with Crippen molar-refractivity contribution in [3.63, 3.8) is 0 Å². The zero-order valence-electron chi connectivity index (χ0n) is 7.84. The average Bonchev–Trinajstić information content (AvgIpc) is 2.49. The maximum atomic E-state index is 5.82. The molecule has 1 N–H and O–H groups in total. The summed E-state index contributed by atoms with van der Waals surface area (Å²) in [6.07, 6.45) is 2.13. The zero-order chi connectivity index (χ0) is 9.68. The predicted molar refractivity (Wildman–Crippen MR) is 64.0 cm³/mol. The molecule has 1 aromatic heterocycles. The van der Waals surface area contributed by atoms with Gasteiger partial charge in [0, 0.05) is 23.2 Å². The summed E-state index contributed by atoms with van der Waals surface area (Å²) in [5.41, 5.74) is 0. The summed E-state index contributed by atoms with van der Waals surface area (Å²) in [4.78, 5) is 1.30. The van der Waals surface area contributed by atoms with Crippen LogP contribution < -0.4 is 5.32 Å². The number of hydrogen-bond acceptors (Lipinski definition) is 3. The fourth-order valence-corrected chi connectivity index (χ4v) is 2.69. The highest BCUT2D eigenvalue weighted by Crippen LogP contribution is 2.21. The Hall–Kier alpha value is 0.300. The first-order chi connectivity index (χ1) is 6.22. The van der Waals surface area contributed by atoms with Crippen LogP contribution in [-0.2, 0) is 6.54 Å². The van der Waals surface area contributed by atoms with Crippen molar-refractivity contribution < 1.29 is 0 Å². The highest BCUT2D eigenvalue weighted by molar-refractivity contribution is 7.98. The molecule has 0 aliphatic rings. The second-order valence-electron chi connectivity index (χ2n) is 2.94. The van der Waals surface area contributed by atoms with Crippen molar-refractivity contribution in [3.05, 3.63) is 21.3 Å². The lowest BCUT2D eigenvalue weighted by Crippen LogP contribution is -2.27. The Bertz CT molecular complexity index is 250. The summed E-state index contributed by atoms with van der Waals surface area (Å²) in [6.45, 7) is 3.13. The van der Waals surface area contributed by atoms with Crippen molar-refractivity contribution in [3.8, 4) is 0 Å². The molecule has 1 nitrogen and oxygen atoms in total. The first-order valence-electron chi connectivity index (χ1n) is 4.19. The van der Waals surface area contributed by atoms with Crippen LogP contribution in [0, 0.1) is 0 Å². The van der Waals surface area contributed by atoms with Gasteiger partial charge in [0.15, 0.2) is 0 Å². The van der Waals surface area contributed by atoms with Crippen molar-refractivity contribution in [1.29, 1.82) is 0 Å². The van der Waals surface area contributed by atoms with Gasteiger partial charge >= 0.3 is 0 Å². The Kier molecular flexibility index (Phi) is 5.17. The Morgan fingerprint density at radius 2 is 2.38 bits per heavy atom. The van der Waals surface area contributed by atoms with Gasteiger partial charge in [-0.15, -0.1) is 11.3 Å². The Labute approximate surface area is 92.9 Å². The van der Waals surface area contributed by atoms with Gasteiger partial charge in [0.05, 0.1) is 4.34 Å². The van der Waals surface area contributed by atoms with E-state index in [1.54, 1.807) is 11.3 Å². The summed E-state index contributed by atoms with van der Waals surface area (Å²) in [5.74, 6) is 1.15. The molecule has 74 valence electrons. The molecule has 4 heteroatoms. The van der Waals surface area contributed by atoms with Crippen molar-refractivity contribution >= 4 is 34.7 Å². The standard InChI is InChI=1S/C9H14ClNS2/c1-7(6-12-2)11-5-8-3-4-9(10)13-8/h3-4,7,11H,5-6H2,1-2H3. The van der Waals surface area contributed by atoms with Gasteiger partial charge in [0.2, 0.25) is 0 Å². The molecule has 1 aromatic rings. The summed E-state index contributed by atoms with van der Waals surface area (Å²) >= 11 is 9.33. The molecule has 0 fully saturated rings. The Morgan fingerprint density at radius 3 is 2.92 bits per heavy atom. The topological polar surface area (TPSA) is 12.0 Å². The average molecular weight is 236 g/mol. The van der Waals surface area contributed by atoms with E-state index < -0.39 is 0 Å². The summed E-state index contributed by atoms with van der Waals surface area (Å²) < 4.78 is 0.870. The number of rotatable bonds is 5. The maximum absolute atomic E-state index is 5.82. The molecule has 0 radical (unpaired) electrons. The number of thiophene rings is 1. The molecule has 0 aliphatic carbocycles. The van der Waals surface area contributed by atoms with Crippen molar-refractivity contribution in [2.75, 3.05) is 12.0 Å². The molecule has 1 unspecified atom stereocenters. The van der Waals surface area contributed by atoms with Crippen LogP contribution >= 0.6 is 34.7 Å². The van der Waals surface area contributed by atoms with Gasteiger partial charge in [-0.2, -0.15) is 11.8 Å². The lowest BCUT2D eigenvalue weighted by Gasteiger charge is -2.10. The van der Waals surface area contributed by atoms with Crippen LogP contribution in [0.1, 0.15) is 11.8 Å². The van der Waals surface area contributed by atoms with E-state index in [1.165, 1.54) is 4.88 Å². The van der Waals surface area contributed by atoms with Crippen LogP contribution in [0.3, 0.4) is 0 Å². The van der Waals surface area contributed by atoms with Gasteiger partial charge in [0.1, 0.15) is 0 Å². The second-order valence-corrected chi connectivity index (χ2v) is 5.65. The Balaban J connectivity index is 2.26. The molecule has 13 heavy (non-hydrogen) atoms. The van der Waals surface area contributed by atoms with Crippen molar-refractivity contribution in [2.45, 2.75) is 19.5 Å². The highest BCUT2D eigenvalue weighted by Gasteiger charge is 2.01. The zero-order valence-corrected chi connectivity index (χ0v) is 10.2. The minimum absolute atomic E-state index is 0.566. The van der Waals surface area contributed by atoms with E-state index >= 15 is 0 Å². The minimum Gasteiger partial charge on any atom is -0.309 e. The quantitative estimate of drug-likeness (QED) is 0.841. The van der Waals surface area contributed by atoms with Crippen LogP contribution in [0.25, 0.3) is 0 Å². The molecule has 1 rings (SSSR count). The van der Waals surface area contributed by atoms with E-state index in [-0.39, 0.29) is 0 Å². The monoisotopic (exact) mass is 235 g/mol. The van der Waals surface area contributed by atoms with Gasteiger partial charge in [-0.25, -0.2) is 0 Å². The fraction of sp³-hybridized carbons (Fsp3) is 0.556. The van der Waals surface area contributed by atoms with Crippen LogP contribution in [0.15, 0.2) is 12.1 Å². The molecule has 0 saturated carbocycles. The number of thioether (sulfide) groups is 1. The fourth-order valence-electron chi connectivity index (χ4n) is 1.03. The molecule has 0 saturated heterocycles. The summed E-state index contributed by atoms with van der Waals surface area (Å²) in [7, 11) is 0. The van der Waals surface area contributed by atoms with Crippen LogP contribution in [0.4, 0.5) is 0 Å². The molecule has 1 atom stereocenters. The van der Waals surface area contributed by atoms with E-state index in [4.69, 9.17) is 11.6 Å². The lowest BCUT2D eigenvalue weighted by molar-refractivity contribution is 0.601. The molecular formula is C9H14ClNS2. The molecular weight excluding hydrogens is 222 g/mol. The number of nitrogens with one attached hydrogen (secondary N) is 1. The third-order valence-corrected chi connectivity index (χ3v) is 3.73. The van der Waals surface area contributed by atoms with Crippen molar-refractivity contribution in [1.82, 2.24) is 5.32 Å². The maximum Gasteiger partial charge on any atom is 0.0931 e. The van der Waals surface area contributed by atoms with Gasteiger partial charge < -0.3 is 5.32 Å². The molecule has 0 bridgehead atoms. The molecule has 0 aromatic carbocycles. The van der Waals surface area contributed by atoms with Crippen LogP contribution in [-0.4, -0.2) is 18.1 Å². The lowest BCUT2D eigenvalue weighted by atomic mass is 10.3. The van der Waals surface area contributed by atoms with E-state index in [1.807, 2.05) is 17.8 Å². The first kappa shape index (κ1) is 11.4. The van der Waals surface area contributed by atoms with E-state index in [0.717, 1.165) is 16.6 Å². The second kappa shape index (κ2) is 5.91. The summed E-state index contributed by atoms with van der Waals surface area (Å²) in [5, 5.41) is 3.44. The van der Waals surface area contributed by atoms with Gasteiger partial charge in [-0.05, 0) is 25.3 Å². The Morgan fingerprint density at radius 1 is 1.62 bits per heavy atom. The smallest absolute Gasteiger partial charge is 0.0931 e. The first-order valence-corrected chi connectivity index (χ1v) is 6.77. The third kappa shape index (κ3) is 4.36. The molecule has 0 amide bonds. The SMILES string of the molecule is CSCC(C)NCc1ccc(Cl)s1. The number of hydrogen-bond donors (Lipinski definition) is 1. The predicted octanol–water partition coefficient (Wildman–Crippen LogP) is 3.24. The van der Waals surface area contributed by atoms with Crippen LogP contribution in [0.5, 0.6) is 0 Å². The van der Waals surface area contributed by atoms with E-state index in [9.17, 15) is 0 Å². The third-order valence-electron chi connectivity index (χ3n) is 1.67. The van der Waals surface area contributed by atoms with Gasteiger partial charge in [0.25, 0.3) is 0 Å². The van der Waals surface area contributed by atoms with E-state index in [2.05, 4.69) is 24.6 Å². The largest absolute Gasteiger partial charge is 0.309 e.